The van der Waals surface area contributed by atoms with E-state index in [2.05, 4.69) is 9.98 Å². The van der Waals surface area contributed by atoms with E-state index >= 15 is 0 Å². The first-order chi connectivity index (χ1) is 7.70. The van der Waals surface area contributed by atoms with Gasteiger partial charge in [0.25, 0.3) is 0 Å². The van der Waals surface area contributed by atoms with Crippen molar-refractivity contribution in [1.29, 1.82) is 0 Å². The molecule has 1 aromatic rings. The van der Waals surface area contributed by atoms with Crippen molar-refractivity contribution in [1.82, 2.24) is 0 Å². The van der Waals surface area contributed by atoms with E-state index in [0.717, 1.165) is 0 Å². The van der Waals surface area contributed by atoms with Crippen LogP contribution in [0.2, 0.25) is 0 Å². The van der Waals surface area contributed by atoms with Gasteiger partial charge < -0.3 is 10.2 Å². The minimum absolute atomic E-state index is 0.0273. The first kappa shape index (κ1) is 9.15. The van der Waals surface area contributed by atoms with Gasteiger partial charge in [0.05, 0.1) is 0 Å². The number of nitrogens with zero attached hydrogens (tertiary/aromatic N) is 2. The van der Waals surface area contributed by atoms with E-state index in [-0.39, 0.29) is 17.4 Å². The van der Waals surface area contributed by atoms with Crippen molar-refractivity contribution in [3.05, 3.63) is 40.3 Å². The van der Waals surface area contributed by atoms with Crippen LogP contribution in [-0.4, -0.2) is 10.2 Å². The zero-order chi connectivity index (χ0) is 11.3. The topological polar surface area (TPSA) is 65.2 Å². The SMILES string of the molecule is CC1C=CN=c2c(O)c3c(c(O)c21)=NC=C3. The fraction of sp³-hybridized carbons (Fsp3) is 0.167. The highest BCUT2D eigenvalue weighted by molar-refractivity contribution is 5.63. The molecular formula is C12H10N2O2. The van der Waals surface area contributed by atoms with Crippen LogP contribution >= 0.6 is 0 Å². The molecule has 0 amide bonds. The van der Waals surface area contributed by atoms with Crippen molar-refractivity contribution in [3.8, 4) is 11.5 Å². The van der Waals surface area contributed by atoms with Gasteiger partial charge in [0.2, 0.25) is 0 Å². The predicted octanol–water partition coefficient (Wildman–Crippen LogP) is 0.952. The number of rotatable bonds is 0. The smallest absolute Gasteiger partial charge is 0.151 e. The molecule has 0 spiro atoms. The van der Waals surface area contributed by atoms with E-state index in [1.165, 1.54) is 0 Å². The van der Waals surface area contributed by atoms with E-state index in [1.54, 1.807) is 18.5 Å². The third-order valence-electron chi connectivity index (χ3n) is 2.95. The summed E-state index contributed by atoms with van der Waals surface area (Å²) in [5, 5.41) is 21.0. The highest BCUT2D eigenvalue weighted by Gasteiger charge is 2.22. The maximum absolute atomic E-state index is 10.1. The maximum atomic E-state index is 10.1. The van der Waals surface area contributed by atoms with Gasteiger partial charge in [-0.3, -0.25) is 9.98 Å². The average molecular weight is 214 g/mol. The molecule has 1 aromatic carbocycles. The van der Waals surface area contributed by atoms with Crippen LogP contribution in [-0.2, 0) is 0 Å². The summed E-state index contributed by atoms with van der Waals surface area (Å²) in [4.78, 5) is 8.16. The summed E-state index contributed by atoms with van der Waals surface area (Å²) in [6.07, 6.45) is 6.75. The lowest BCUT2D eigenvalue weighted by Crippen LogP contribution is -2.22. The van der Waals surface area contributed by atoms with E-state index in [9.17, 15) is 10.2 Å². The molecule has 4 heteroatoms. The molecule has 0 radical (unpaired) electrons. The Kier molecular flexibility index (Phi) is 1.68. The Morgan fingerprint density at radius 1 is 1.06 bits per heavy atom. The van der Waals surface area contributed by atoms with E-state index < -0.39 is 0 Å². The summed E-state index contributed by atoms with van der Waals surface area (Å²) in [7, 11) is 0. The Labute approximate surface area is 91.6 Å². The van der Waals surface area contributed by atoms with Gasteiger partial charge in [-0.2, -0.15) is 0 Å². The van der Waals surface area contributed by atoms with Crippen LogP contribution in [0.15, 0.2) is 28.5 Å². The van der Waals surface area contributed by atoms with Crippen molar-refractivity contribution in [3.63, 3.8) is 0 Å². The van der Waals surface area contributed by atoms with Crippen molar-refractivity contribution in [2.75, 3.05) is 0 Å². The average Bonchev–Trinajstić information content (AvgIpc) is 2.75. The van der Waals surface area contributed by atoms with Crippen LogP contribution in [0.3, 0.4) is 0 Å². The summed E-state index contributed by atoms with van der Waals surface area (Å²) >= 11 is 0. The maximum Gasteiger partial charge on any atom is 0.151 e. The molecule has 80 valence electrons. The Morgan fingerprint density at radius 2 is 1.81 bits per heavy atom. The zero-order valence-electron chi connectivity index (χ0n) is 8.68. The highest BCUT2D eigenvalue weighted by atomic mass is 16.3. The number of hydrogen-bond acceptors (Lipinski definition) is 4. The largest absolute Gasteiger partial charge is 0.505 e. The van der Waals surface area contributed by atoms with Crippen LogP contribution in [0.25, 0.3) is 6.08 Å². The van der Waals surface area contributed by atoms with Crippen molar-refractivity contribution >= 4 is 6.08 Å². The van der Waals surface area contributed by atoms with E-state index in [1.807, 2.05) is 13.0 Å². The first-order valence-corrected chi connectivity index (χ1v) is 5.07. The van der Waals surface area contributed by atoms with Crippen molar-refractivity contribution in [2.24, 2.45) is 9.98 Å². The third kappa shape index (κ3) is 0.984. The fourth-order valence-corrected chi connectivity index (χ4v) is 2.11. The Balaban J connectivity index is 2.54. The molecule has 2 heterocycles. The molecule has 0 saturated heterocycles. The van der Waals surface area contributed by atoms with Gasteiger partial charge in [-0.25, -0.2) is 0 Å². The molecule has 0 saturated carbocycles. The minimum atomic E-state index is 0.0273. The van der Waals surface area contributed by atoms with E-state index in [0.29, 0.717) is 21.8 Å². The molecule has 2 N–H and O–H groups in total. The minimum Gasteiger partial charge on any atom is -0.505 e. The quantitative estimate of drug-likeness (QED) is 0.631. The molecule has 0 aromatic heterocycles. The van der Waals surface area contributed by atoms with Gasteiger partial charge in [0.15, 0.2) is 5.75 Å². The van der Waals surface area contributed by atoms with Crippen LogP contribution in [0, 0.1) is 0 Å². The standard InChI is InChI=1S/C12H10N2O2/c1-6-2-4-14-10-8(6)12(16)9-7(11(10)15)3-5-13-9/h2-6,15-16H,1H3. The highest BCUT2D eigenvalue weighted by Crippen LogP contribution is 2.28. The molecule has 0 fully saturated rings. The zero-order valence-corrected chi connectivity index (χ0v) is 8.68. The molecule has 16 heavy (non-hydrogen) atoms. The third-order valence-corrected chi connectivity index (χ3v) is 2.95. The number of aromatic hydroxyl groups is 2. The Bertz CT molecular complexity index is 657. The molecule has 2 aliphatic heterocycles. The van der Waals surface area contributed by atoms with Crippen molar-refractivity contribution < 1.29 is 10.2 Å². The van der Waals surface area contributed by atoms with Gasteiger partial charge in [-0.05, 0) is 6.08 Å². The lowest BCUT2D eigenvalue weighted by Gasteiger charge is -2.14. The normalized spacial score (nSPS) is 19.9. The number of phenols is 2. The van der Waals surface area contributed by atoms with Crippen LogP contribution in [0.1, 0.15) is 24.0 Å². The molecule has 1 unspecified atom stereocenters. The monoisotopic (exact) mass is 214 g/mol. The molecule has 0 aliphatic carbocycles. The Morgan fingerprint density at radius 3 is 2.62 bits per heavy atom. The number of fused-ring (bicyclic) bond motifs is 2. The summed E-state index contributed by atoms with van der Waals surface area (Å²) in [6, 6.07) is 0. The first-order valence-electron chi connectivity index (χ1n) is 5.07. The molecule has 2 aliphatic rings. The van der Waals surface area contributed by atoms with Gasteiger partial charge in [0, 0.05) is 29.4 Å². The Hall–Kier alpha value is -2.10. The fourth-order valence-electron chi connectivity index (χ4n) is 2.11. The number of benzene rings is 1. The van der Waals surface area contributed by atoms with Gasteiger partial charge in [0.1, 0.15) is 16.5 Å². The molecule has 3 rings (SSSR count). The summed E-state index contributed by atoms with van der Waals surface area (Å²) < 4.78 is 0. The van der Waals surface area contributed by atoms with Crippen LogP contribution in [0.4, 0.5) is 0 Å². The summed E-state index contributed by atoms with van der Waals surface area (Å²) in [5.74, 6) is 0.240. The van der Waals surface area contributed by atoms with E-state index in [4.69, 9.17) is 0 Å². The number of phenolic OH excluding ortho intramolecular Hbond substituents is 2. The van der Waals surface area contributed by atoms with Gasteiger partial charge in [-0.15, -0.1) is 0 Å². The molecule has 0 bridgehead atoms. The predicted molar refractivity (Wildman–Crippen MR) is 58.7 cm³/mol. The van der Waals surface area contributed by atoms with Gasteiger partial charge >= 0.3 is 0 Å². The van der Waals surface area contributed by atoms with Crippen LogP contribution in [0.5, 0.6) is 11.5 Å². The second-order valence-corrected chi connectivity index (χ2v) is 3.93. The second kappa shape index (κ2) is 2.95. The molecule has 1 atom stereocenters. The van der Waals surface area contributed by atoms with Gasteiger partial charge in [-0.1, -0.05) is 13.0 Å². The lowest BCUT2D eigenvalue weighted by atomic mass is 9.95. The number of hydrogen-bond donors (Lipinski definition) is 2. The lowest BCUT2D eigenvalue weighted by molar-refractivity contribution is 0.439. The van der Waals surface area contributed by atoms with Crippen LogP contribution < -0.4 is 10.7 Å². The number of allylic oxidation sites excluding steroid dienone is 1. The van der Waals surface area contributed by atoms with Crippen molar-refractivity contribution in [2.45, 2.75) is 12.8 Å². The summed E-state index contributed by atoms with van der Waals surface area (Å²) in [5.41, 5.74) is 1.19. The molecule has 4 nitrogen and oxygen atoms in total. The second-order valence-electron chi connectivity index (χ2n) is 3.93. The molecular weight excluding hydrogens is 204 g/mol. The summed E-state index contributed by atoms with van der Waals surface area (Å²) in [6.45, 7) is 1.94.